The third kappa shape index (κ3) is 2.88. The second-order valence-electron chi connectivity index (χ2n) is 4.16. The van der Waals surface area contributed by atoms with Gasteiger partial charge in [0.2, 0.25) is 0 Å². The third-order valence-corrected chi connectivity index (χ3v) is 2.88. The van der Waals surface area contributed by atoms with E-state index in [0.717, 1.165) is 30.6 Å². The van der Waals surface area contributed by atoms with Crippen LogP contribution in [0.2, 0.25) is 0 Å². The van der Waals surface area contributed by atoms with E-state index in [4.69, 9.17) is 4.74 Å². The minimum atomic E-state index is -0.272. The molecule has 4 heteroatoms. The van der Waals surface area contributed by atoms with E-state index in [0.29, 0.717) is 12.2 Å². The number of ether oxygens (including phenoxy) is 1. The van der Waals surface area contributed by atoms with Crippen LogP contribution in [0.25, 0.3) is 0 Å². The zero-order chi connectivity index (χ0) is 13.0. The van der Waals surface area contributed by atoms with E-state index in [-0.39, 0.29) is 11.8 Å². The maximum absolute atomic E-state index is 12.8. The van der Waals surface area contributed by atoms with Gasteiger partial charge in [-0.1, -0.05) is 0 Å². The van der Waals surface area contributed by atoms with Crippen molar-refractivity contribution in [3.8, 4) is 0 Å². The number of hydrogen-bond acceptors (Lipinski definition) is 3. The highest BCUT2D eigenvalue weighted by molar-refractivity contribution is 5.90. The van der Waals surface area contributed by atoms with Gasteiger partial charge < -0.3 is 10.1 Å². The lowest BCUT2D eigenvalue weighted by Crippen LogP contribution is -2.10. The second kappa shape index (κ2) is 5.67. The molecular weight excluding hydrogens is 233 g/mol. The molecule has 0 radical (unpaired) electrons. The maximum Gasteiger partial charge on any atom is 0.335 e. The van der Waals surface area contributed by atoms with E-state index in [1.54, 1.807) is 19.1 Å². The Bertz CT molecular complexity index is 465. The first-order chi connectivity index (χ1) is 8.70. The van der Waals surface area contributed by atoms with Crippen LogP contribution in [0.3, 0.4) is 0 Å². The van der Waals surface area contributed by atoms with E-state index < -0.39 is 0 Å². The number of rotatable bonds is 4. The monoisotopic (exact) mass is 249 g/mol. The summed E-state index contributed by atoms with van der Waals surface area (Å²) in [6, 6.07) is 6.09. The molecule has 0 fully saturated rings. The van der Waals surface area contributed by atoms with Crippen molar-refractivity contribution < 1.29 is 13.9 Å². The lowest BCUT2D eigenvalue weighted by Gasteiger charge is -2.10. The highest BCUT2D eigenvalue weighted by Crippen LogP contribution is 2.28. The van der Waals surface area contributed by atoms with Crippen molar-refractivity contribution in [2.75, 3.05) is 11.9 Å². The van der Waals surface area contributed by atoms with E-state index in [9.17, 15) is 9.18 Å². The SMILES string of the molecule is CCOC(=O)C1=C(Nc2ccc(F)cc2)CCC1. The molecule has 18 heavy (non-hydrogen) atoms. The Labute approximate surface area is 106 Å². The van der Waals surface area contributed by atoms with Crippen LogP contribution in [0.4, 0.5) is 10.1 Å². The summed E-state index contributed by atoms with van der Waals surface area (Å²) in [5.74, 6) is -0.522. The van der Waals surface area contributed by atoms with Crippen LogP contribution < -0.4 is 5.32 Å². The Kier molecular flexibility index (Phi) is 3.97. The first-order valence-electron chi connectivity index (χ1n) is 6.12. The van der Waals surface area contributed by atoms with Crippen LogP contribution in [0.15, 0.2) is 35.5 Å². The summed E-state index contributed by atoms with van der Waals surface area (Å²) in [4.78, 5) is 11.7. The van der Waals surface area contributed by atoms with Gasteiger partial charge in [-0.25, -0.2) is 9.18 Å². The summed E-state index contributed by atoms with van der Waals surface area (Å²) in [6.45, 7) is 2.17. The number of hydrogen-bond donors (Lipinski definition) is 1. The largest absolute Gasteiger partial charge is 0.463 e. The number of carbonyl (C=O) groups excluding carboxylic acids is 1. The molecule has 1 aromatic carbocycles. The summed E-state index contributed by atoms with van der Waals surface area (Å²) >= 11 is 0. The van der Waals surface area contributed by atoms with Crippen LogP contribution in [-0.2, 0) is 9.53 Å². The van der Waals surface area contributed by atoms with E-state index in [1.807, 2.05) is 0 Å². The molecule has 2 rings (SSSR count). The molecular formula is C14H16FNO2. The molecule has 1 aromatic rings. The quantitative estimate of drug-likeness (QED) is 0.832. The summed E-state index contributed by atoms with van der Waals surface area (Å²) in [7, 11) is 0. The predicted octanol–water partition coefficient (Wildman–Crippen LogP) is 3.24. The molecule has 0 aliphatic heterocycles. The van der Waals surface area contributed by atoms with Crippen molar-refractivity contribution >= 4 is 11.7 Å². The number of allylic oxidation sites excluding steroid dienone is 1. The molecule has 0 heterocycles. The zero-order valence-corrected chi connectivity index (χ0v) is 10.3. The molecule has 0 saturated heterocycles. The number of anilines is 1. The lowest BCUT2D eigenvalue weighted by molar-refractivity contribution is -0.138. The van der Waals surface area contributed by atoms with Crippen LogP contribution in [-0.4, -0.2) is 12.6 Å². The number of nitrogens with one attached hydrogen (secondary N) is 1. The number of halogens is 1. The molecule has 3 nitrogen and oxygen atoms in total. The fourth-order valence-corrected chi connectivity index (χ4v) is 2.03. The van der Waals surface area contributed by atoms with E-state index >= 15 is 0 Å². The minimum Gasteiger partial charge on any atom is -0.463 e. The van der Waals surface area contributed by atoms with Gasteiger partial charge in [-0.05, 0) is 50.5 Å². The molecule has 96 valence electrons. The van der Waals surface area contributed by atoms with Gasteiger partial charge >= 0.3 is 5.97 Å². The van der Waals surface area contributed by atoms with Crippen molar-refractivity contribution in [3.63, 3.8) is 0 Å². The average Bonchev–Trinajstić information content (AvgIpc) is 2.81. The fraction of sp³-hybridized carbons (Fsp3) is 0.357. The van der Waals surface area contributed by atoms with Gasteiger partial charge in [-0.3, -0.25) is 0 Å². The molecule has 1 N–H and O–H groups in total. The number of carbonyl (C=O) groups is 1. The molecule has 1 aliphatic carbocycles. The Morgan fingerprint density at radius 1 is 1.33 bits per heavy atom. The molecule has 0 saturated carbocycles. The van der Waals surface area contributed by atoms with Crippen molar-refractivity contribution in [3.05, 3.63) is 41.4 Å². The fourth-order valence-electron chi connectivity index (χ4n) is 2.03. The van der Waals surface area contributed by atoms with Gasteiger partial charge in [-0.15, -0.1) is 0 Å². The van der Waals surface area contributed by atoms with E-state index in [2.05, 4.69) is 5.32 Å². The molecule has 0 bridgehead atoms. The van der Waals surface area contributed by atoms with Crippen LogP contribution >= 0.6 is 0 Å². The Balaban J connectivity index is 2.13. The molecule has 1 aliphatic rings. The van der Waals surface area contributed by atoms with Crippen LogP contribution in [0.1, 0.15) is 26.2 Å². The van der Waals surface area contributed by atoms with Gasteiger partial charge in [0, 0.05) is 11.4 Å². The van der Waals surface area contributed by atoms with Crippen molar-refractivity contribution in [1.29, 1.82) is 0 Å². The lowest BCUT2D eigenvalue weighted by atomic mass is 10.2. The molecule has 0 unspecified atom stereocenters. The first-order valence-corrected chi connectivity index (χ1v) is 6.12. The Morgan fingerprint density at radius 3 is 2.72 bits per heavy atom. The van der Waals surface area contributed by atoms with Crippen molar-refractivity contribution in [2.24, 2.45) is 0 Å². The zero-order valence-electron chi connectivity index (χ0n) is 10.3. The number of benzene rings is 1. The predicted molar refractivity (Wildman–Crippen MR) is 67.5 cm³/mol. The highest BCUT2D eigenvalue weighted by atomic mass is 19.1. The minimum absolute atomic E-state index is 0.250. The van der Waals surface area contributed by atoms with Crippen LogP contribution in [0, 0.1) is 5.82 Å². The van der Waals surface area contributed by atoms with E-state index in [1.165, 1.54) is 12.1 Å². The number of esters is 1. The normalized spacial score (nSPS) is 14.8. The molecule has 0 aromatic heterocycles. The van der Waals surface area contributed by atoms with Gasteiger partial charge in [0.25, 0.3) is 0 Å². The molecule has 0 spiro atoms. The highest BCUT2D eigenvalue weighted by Gasteiger charge is 2.21. The first kappa shape index (κ1) is 12.6. The van der Waals surface area contributed by atoms with Gasteiger partial charge in [0.1, 0.15) is 5.82 Å². The van der Waals surface area contributed by atoms with Crippen molar-refractivity contribution in [2.45, 2.75) is 26.2 Å². The Hall–Kier alpha value is -1.84. The maximum atomic E-state index is 12.8. The van der Waals surface area contributed by atoms with Crippen LogP contribution in [0.5, 0.6) is 0 Å². The molecule has 0 atom stereocenters. The second-order valence-corrected chi connectivity index (χ2v) is 4.16. The summed E-state index contributed by atoms with van der Waals surface area (Å²) in [5, 5.41) is 3.17. The van der Waals surface area contributed by atoms with Gasteiger partial charge in [0.15, 0.2) is 0 Å². The summed E-state index contributed by atoms with van der Waals surface area (Å²) in [6.07, 6.45) is 2.51. The van der Waals surface area contributed by atoms with Gasteiger partial charge in [-0.2, -0.15) is 0 Å². The Morgan fingerprint density at radius 2 is 2.06 bits per heavy atom. The average molecular weight is 249 g/mol. The smallest absolute Gasteiger partial charge is 0.335 e. The van der Waals surface area contributed by atoms with Crippen molar-refractivity contribution in [1.82, 2.24) is 0 Å². The summed E-state index contributed by atoms with van der Waals surface area (Å²) in [5.41, 5.74) is 2.39. The topological polar surface area (TPSA) is 38.3 Å². The van der Waals surface area contributed by atoms with Gasteiger partial charge in [0.05, 0.1) is 12.2 Å². The third-order valence-electron chi connectivity index (χ3n) is 2.88. The molecule has 0 amide bonds. The summed E-state index contributed by atoms with van der Waals surface area (Å²) < 4.78 is 17.8. The standard InChI is InChI=1S/C14H16FNO2/c1-2-18-14(17)12-4-3-5-13(12)16-11-8-6-10(15)7-9-11/h6-9,16H,2-5H2,1H3.